The summed E-state index contributed by atoms with van der Waals surface area (Å²) in [6.45, 7) is 1.29. The minimum absolute atomic E-state index is 0.0107. The zero-order chi connectivity index (χ0) is 26.1. The number of aromatic nitrogens is 1. The number of halogens is 2. The van der Waals surface area contributed by atoms with Gasteiger partial charge in [0.1, 0.15) is 11.9 Å². The first-order valence-electron chi connectivity index (χ1n) is 11.9. The van der Waals surface area contributed by atoms with Crippen molar-refractivity contribution < 1.29 is 28.6 Å². The van der Waals surface area contributed by atoms with Gasteiger partial charge in [0, 0.05) is 47.9 Å². The number of thiazole rings is 1. The first kappa shape index (κ1) is 25.8. The normalized spacial score (nSPS) is 25.9. The summed E-state index contributed by atoms with van der Waals surface area (Å²) in [6, 6.07) is 3.49. The number of fused-ring (bicyclic) bond motifs is 2. The number of carboxylic acid groups (broad SMARTS) is 1. The van der Waals surface area contributed by atoms with Gasteiger partial charge in [0.15, 0.2) is 10.8 Å². The molecule has 37 heavy (non-hydrogen) atoms. The van der Waals surface area contributed by atoms with Gasteiger partial charge >= 0.3 is 11.9 Å². The van der Waals surface area contributed by atoms with Gasteiger partial charge in [-0.05, 0) is 24.8 Å². The first-order chi connectivity index (χ1) is 17.9. The Kier molecular flexibility index (Phi) is 7.57. The van der Waals surface area contributed by atoms with E-state index in [-0.39, 0.29) is 35.0 Å². The number of aliphatic imine (C=N–C) groups is 1. The maximum Gasteiger partial charge on any atom is 0.338 e. The summed E-state index contributed by atoms with van der Waals surface area (Å²) in [5, 5.41) is 14.9. The van der Waals surface area contributed by atoms with Crippen molar-refractivity contribution in [3.05, 3.63) is 62.5 Å². The predicted octanol–water partition coefficient (Wildman–Crippen LogP) is 3.41. The van der Waals surface area contributed by atoms with E-state index in [0.717, 1.165) is 0 Å². The maximum absolute atomic E-state index is 14.5. The lowest BCUT2D eigenvalue weighted by atomic mass is 9.82. The number of benzene rings is 1. The Balaban J connectivity index is 1.55. The van der Waals surface area contributed by atoms with E-state index < -0.39 is 23.8 Å². The second kappa shape index (κ2) is 10.9. The van der Waals surface area contributed by atoms with E-state index in [2.05, 4.69) is 15.2 Å². The van der Waals surface area contributed by atoms with Crippen molar-refractivity contribution in [1.29, 1.82) is 0 Å². The SMILES string of the molecule is COC(=O)C1=C(CN2C3COCC2CC(CC(=O)O)C3)NC(c2nccs2)=N[C@H]1c1cccc(F)c1Cl. The van der Waals surface area contributed by atoms with Gasteiger partial charge < -0.3 is 19.9 Å². The first-order valence-corrected chi connectivity index (χ1v) is 13.2. The Morgan fingerprint density at radius 1 is 1.32 bits per heavy atom. The van der Waals surface area contributed by atoms with E-state index in [4.69, 9.17) is 26.1 Å². The average molecular weight is 549 g/mol. The van der Waals surface area contributed by atoms with E-state index in [0.29, 0.717) is 54.7 Å². The molecule has 0 amide bonds. The van der Waals surface area contributed by atoms with Gasteiger partial charge in [0.25, 0.3) is 0 Å². The highest BCUT2D eigenvalue weighted by Gasteiger charge is 2.42. The summed E-state index contributed by atoms with van der Waals surface area (Å²) in [5.74, 6) is -1.50. The second-order valence-corrected chi connectivity index (χ2v) is 10.6. The second-order valence-electron chi connectivity index (χ2n) is 9.32. The molecule has 1 aromatic heterocycles. The van der Waals surface area contributed by atoms with Crippen LogP contribution in [-0.2, 0) is 19.1 Å². The molecule has 2 N–H and O–H groups in total. The molecule has 0 radical (unpaired) electrons. The molecule has 3 atom stereocenters. The molecular weight excluding hydrogens is 523 g/mol. The molecule has 0 aliphatic carbocycles. The van der Waals surface area contributed by atoms with Gasteiger partial charge in [-0.1, -0.05) is 23.7 Å². The molecule has 2 fully saturated rings. The lowest BCUT2D eigenvalue weighted by Crippen LogP contribution is -2.58. The number of nitrogens with one attached hydrogen (secondary N) is 1. The van der Waals surface area contributed by atoms with Crippen LogP contribution >= 0.6 is 22.9 Å². The molecule has 2 bridgehead atoms. The zero-order valence-corrected chi connectivity index (χ0v) is 21.6. The van der Waals surface area contributed by atoms with E-state index in [1.165, 1.54) is 30.6 Å². The number of morpholine rings is 1. The van der Waals surface area contributed by atoms with Gasteiger partial charge in [-0.25, -0.2) is 14.2 Å². The molecule has 0 saturated carbocycles. The fraction of sp³-hybridized carbons (Fsp3) is 0.440. The molecule has 9 nitrogen and oxygen atoms in total. The van der Waals surface area contributed by atoms with Gasteiger partial charge in [0.2, 0.25) is 0 Å². The largest absolute Gasteiger partial charge is 0.481 e. The van der Waals surface area contributed by atoms with Crippen molar-refractivity contribution in [1.82, 2.24) is 15.2 Å². The highest BCUT2D eigenvalue weighted by Crippen LogP contribution is 2.39. The summed E-state index contributed by atoms with van der Waals surface area (Å²) >= 11 is 7.74. The number of carbonyl (C=O) groups excluding carboxylic acids is 1. The number of hydrogen-bond donors (Lipinski definition) is 2. The van der Waals surface area contributed by atoms with Crippen LogP contribution in [0.3, 0.4) is 0 Å². The molecule has 2 saturated heterocycles. The number of carbonyl (C=O) groups is 2. The van der Waals surface area contributed by atoms with Crippen LogP contribution in [-0.4, -0.2) is 71.7 Å². The van der Waals surface area contributed by atoms with E-state index in [9.17, 15) is 19.1 Å². The van der Waals surface area contributed by atoms with Crippen LogP contribution in [0.4, 0.5) is 4.39 Å². The molecule has 1 aromatic carbocycles. The molecule has 2 unspecified atom stereocenters. The molecule has 3 aliphatic rings. The zero-order valence-electron chi connectivity index (χ0n) is 20.0. The van der Waals surface area contributed by atoms with Gasteiger partial charge in [0.05, 0.1) is 30.9 Å². The number of amidine groups is 1. The summed E-state index contributed by atoms with van der Waals surface area (Å²) in [6.07, 6.45) is 3.13. The van der Waals surface area contributed by atoms with Crippen LogP contribution in [0, 0.1) is 11.7 Å². The fourth-order valence-corrected chi connectivity index (χ4v) is 6.25. The summed E-state index contributed by atoms with van der Waals surface area (Å²) in [4.78, 5) is 35.9. The van der Waals surface area contributed by atoms with Crippen LogP contribution in [0.25, 0.3) is 0 Å². The smallest absolute Gasteiger partial charge is 0.338 e. The van der Waals surface area contributed by atoms with Gasteiger partial charge in [-0.15, -0.1) is 11.3 Å². The van der Waals surface area contributed by atoms with Crippen LogP contribution in [0.5, 0.6) is 0 Å². The monoisotopic (exact) mass is 548 g/mol. The van der Waals surface area contributed by atoms with Crippen molar-refractivity contribution in [3.8, 4) is 0 Å². The van der Waals surface area contributed by atoms with Crippen molar-refractivity contribution in [3.63, 3.8) is 0 Å². The lowest BCUT2D eigenvalue weighted by molar-refractivity contribution is -0.141. The summed E-state index contributed by atoms with van der Waals surface area (Å²) < 4.78 is 25.4. The lowest BCUT2D eigenvalue weighted by Gasteiger charge is -2.49. The molecular formula is C25H26ClFN4O5S. The van der Waals surface area contributed by atoms with Crippen molar-refractivity contribution in [2.75, 3.05) is 26.9 Å². The number of rotatable bonds is 7. The Bertz CT molecular complexity index is 1240. The summed E-state index contributed by atoms with van der Waals surface area (Å²) in [5.41, 5.74) is 1.15. The molecule has 5 rings (SSSR count). The van der Waals surface area contributed by atoms with Crippen LogP contribution < -0.4 is 5.32 Å². The van der Waals surface area contributed by atoms with Crippen LogP contribution in [0.2, 0.25) is 5.02 Å². The van der Waals surface area contributed by atoms with E-state index >= 15 is 0 Å². The number of hydrogen-bond acceptors (Lipinski definition) is 9. The molecule has 12 heteroatoms. The van der Waals surface area contributed by atoms with Crippen LogP contribution in [0.1, 0.15) is 35.9 Å². The highest BCUT2D eigenvalue weighted by molar-refractivity contribution is 7.11. The number of esters is 1. The number of methoxy groups -OCH3 is 1. The molecule has 196 valence electrons. The van der Waals surface area contributed by atoms with Crippen molar-refractivity contribution >= 4 is 40.7 Å². The third-order valence-corrected chi connectivity index (χ3v) is 8.19. The predicted molar refractivity (Wildman–Crippen MR) is 135 cm³/mol. The van der Waals surface area contributed by atoms with E-state index in [1.807, 2.05) is 5.38 Å². The van der Waals surface area contributed by atoms with Crippen molar-refractivity contribution in [2.45, 2.75) is 37.4 Å². The van der Waals surface area contributed by atoms with Crippen molar-refractivity contribution in [2.24, 2.45) is 10.9 Å². The number of aliphatic carboxylic acids is 1. The quantitative estimate of drug-likeness (QED) is 0.506. The topological polar surface area (TPSA) is 113 Å². The minimum Gasteiger partial charge on any atom is -0.481 e. The standard InChI is InChI=1S/C25H26ClFN4O5S/c1-35-25(34)20-18(10-31-14-7-13(9-19(32)33)8-15(31)12-36-11-14)29-23(24-28-5-6-37-24)30-22(20)16-3-2-4-17(27)21(16)26/h2-6,13-15,22H,7-12H2,1H3,(H,29,30)(H,32,33)/t13?,14?,15?,22-/m0/s1. The maximum atomic E-state index is 14.5. The molecule has 0 spiro atoms. The fourth-order valence-electron chi connectivity index (χ4n) is 5.43. The number of ether oxygens (including phenoxy) is 2. The molecule has 2 aromatic rings. The number of piperidine rings is 1. The van der Waals surface area contributed by atoms with E-state index in [1.54, 1.807) is 12.3 Å². The van der Waals surface area contributed by atoms with Crippen LogP contribution in [0.15, 0.2) is 46.0 Å². The number of nitrogens with zero attached hydrogens (tertiary/aromatic N) is 3. The molecule has 3 aliphatic heterocycles. The Labute approximate surface area is 221 Å². The average Bonchev–Trinajstić information content (AvgIpc) is 3.40. The summed E-state index contributed by atoms with van der Waals surface area (Å²) in [7, 11) is 1.29. The third-order valence-electron chi connectivity index (χ3n) is 7.02. The van der Waals surface area contributed by atoms with Gasteiger partial charge in [-0.3, -0.25) is 14.7 Å². The molecule has 4 heterocycles. The number of carboxylic acids is 1. The van der Waals surface area contributed by atoms with Gasteiger partial charge in [-0.2, -0.15) is 0 Å². The Morgan fingerprint density at radius 2 is 2.08 bits per heavy atom. The Hall–Kier alpha value is -2.86. The minimum atomic E-state index is -0.911. The highest BCUT2D eigenvalue weighted by atomic mass is 35.5. The third kappa shape index (κ3) is 5.26. The Morgan fingerprint density at radius 3 is 2.73 bits per heavy atom.